The third-order valence-corrected chi connectivity index (χ3v) is 2.96. The van der Waals surface area contributed by atoms with Gasteiger partial charge in [-0.15, -0.1) is 0 Å². The summed E-state index contributed by atoms with van der Waals surface area (Å²) in [4.78, 5) is 22.5. The monoisotopic (exact) mass is 218 g/mol. The average Bonchev–Trinajstić information content (AvgIpc) is 3.10. The first-order chi connectivity index (χ1) is 7.72. The second-order valence-electron chi connectivity index (χ2n) is 4.08. The maximum Gasteiger partial charge on any atom is 0.338 e. The highest BCUT2D eigenvalue weighted by molar-refractivity contribution is 5.90. The second kappa shape index (κ2) is 4.08. The molecule has 1 aromatic carbocycles. The van der Waals surface area contributed by atoms with Crippen molar-refractivity contribution in [2.75, 3.05) is 6.61 Å². The minimum absolute atomic E-state index is 0.328. The van der Waals surface area contributed by atoms with Crippen LogP contribution in [0, 0.1) is 0 Å². The van der Waals surface area contributed by atoms with Crippen LogP contribution in [0.1, 0.15) is 35.7 Å². The van der Waals surface area contributed by atoms with E-state index in [-0.39, 0.29) is 11.4 Å². The van der Waals surface area contributed by atoms with Gasteiger partial charge in [-0.3, -0.25) is 0 Å². The first-order valence-corrected chi connectivity index (χ1v) is 5.46. The molecule has 0 bridgehead atoms. The van der Waals surface area contributed by atoms with E-state index in [4.69, 9.17) is 4.74 Å². The summed E-state index contributed by atoms with van der Waals surface area (Å²) in [5, 5.41) is 0. The van der Waals surface area contributed by atoms with Gasteiger partial charge in [0.2, 0.25) is 0 Å². The molecule has 0 atom stereocenters. The molecule has 0 unspecified atom stereocenters. The molecule has 3 heteroatoms. The van der Waals surface area contributed by atoms with Gasteiger partial charge in [0.1, 0.15) is 6.29 Å². The molecule has 1 saturated carbocycles. The van der Waals surface area contributed by atoms with E-state index in [1.165, 1.54) is 0 Å². The van der Waals surface area contributed by atoms with E-state index in [1.54, 1.807) is 25.1 Å². The lowest BCUT2D eigenvalue weighted by atomic mass is 9.96. The van der Waals surface area contributed by atoms with Crippen molar-refractivity contribution in [1.29, 1.82) is 0 Å². The highest BCUT2D eigenvalue weighted by Crippen LogP contribution is 2.46. The van der Waals surface area contributed by atoms with E-state index in [2.05, 4.69) is 0 Å². The van der Waals surface area contributed by atoms with Crippen molar-refractivity contribution >= 4 is 12.3 Å². The van der Waals surface area contributed by atoms with Crippen LogP contribution in [0.25, 0.3) is 0 Å². The summed E-state index contributed by atoms with van der Waals surface area (Å²) in [5.74, 6) is -0.328. The van der Waals surface area contributed by atoms with Gasteiger partial charge in [0.05, 0.1) is 17.6 Å². The Labute approximate surface area is 94.4 Å². The summed E-state index contributed by atoms with van der Waals surface area (Å²) in [6.07, 6.45) is 2.74. The summed E-state index contributed by atoms with van der Waals surface area (Å²) in [7, 11) is 0. The number of aldehydes is 1. The van der Waals surface area contributed by atoms with Crippen molar-refractivity contribution in [3.63, 3.8) is 0 Å². The van der Waals surface area contributed by atoms with E-state index in [0.29, 0.717) is 12.2 Å². The maximum atomic E-state index is 11.5. The van der Waals surface area contributed by atoms with E-state index >= 15 is 0 Å². The fourth-order valence-electron chi connectivity index (χ4n) is 1.78. The number of hydrogen-bond donors (Lipinski definition) is 0. The van der Waals surface area contributed by atoms with E-state index in [9.17, 15) is 9.59 Å². The Morgan fingerprint density at radius 3 is 2.81 bits per heavy atom. The molecule has 0 aliphatic heterocycles. The molecule has 3 nitrogen and oxygen atoms in total. The third kappa shape index (κ3) is 1.85. The van der Waals surface area contributed by atoms with Crippen molar-refractivity contribution in [3.05, 3.63) is 35.4 Å². The molecular weight excluding hydrogens is 204 g/mol. The first kappa shape index (κ1) is 10.9. The lowest BCUT2D eigenvalue weighted by Crippen LogP contribution is -2.10. The molecule has 0 aromatic heterocycles. The molecule has 1 aromatic rings. The van der Waals surface area contributed by atoms with Gasteiger partial charge in [-0.2, -0.15) is 0 Å². The fourth-order valence-corrected chi connectivity index (χ4v) is 1.78. The molecule has 2 rings (SSSR count). The normalized spacial score (nSPS) is 16.6. The smallest absolute Gasteiger partial charge is 0.338 e. The highest BCUT2D eigenvalue weighted by Gasteiger charge is 2.44. The van der Waals surface area contributed by atoms with Crippen LogP contribution in [0.2, 0.25) is 0 Å². The Morgan fingerprint density at radius 2 is 2.25 bits per heavy atom. The molecule has 0 spiro atoms. The van der Waals surface area contributed by atoms with Crippen LogP contribution in [0.5, 0.6) is 0 Å². The molecule has 16 heavy (non-hydrogen) atoms. The van der Waals surface area contributed by atoms with Gasteiger partial charge in [-0.25, -0.2) is 4.79 Å². The lowest BCUT2D eigenvalue weighted by molar-refractivity contribution is -0.109. The molecule has 1 aliphatic carbocycles. The number of ether oxygens (including phenoxy) is 1. The fraction of sp³-hybridized carbons (Fsp3) is 0.385. The van der Waals surface area contributed by atoms with Crippen molar-refractivity contribution in [2.24, 2.45) is 0 Å². The van der Waals surface area contributed by atoms with Crippen molar-refractivity contribution in [3.8, 4) is 0 Å². The summed E-state index contributed by atoms with van der Waals surface area (Å²) >= 11 is 0. The topological polar surface area (TPSA) is 43.4 Å². The summed E-state index contributed by atoms with van der Waals surface area (Å²) in [5.41, 5.74) is 1.11. The van der Waals surface area contributed by atoms with E-state index in [0.717, 1.165) is 24.7 Å². The van der Waals surface area contributed by atoms with Crippen LogP contribution in [-0.4, -0.2) is 18.9 Å². The van der Waals surface area contributed by atoms with Crippen LogP contribution in [0.4, 0.5) is 0 Å². The van der Waals surface area contributed by atoms with E-state index < -0.39 is 0 Å². The predicted molar refractivity (Wildman–Crippen MR) is 59.4 cm³/mol. The van der Waals surface area contributed by atoms with Crippen LogP contribution in [0.3, 0.4) is 0 Å². The first-order valence-electron chi connectivity index (χ1n) is 5.46. The van der Waals surface area contributed by atoms with Crippen LogP contribution < -0.4 is 0 Å². The SMILES string of the molecule is CCOC(=O)c1cccc(C2(C=O)CC2)c1. The second-order valence-corrected chi connectivity index (χ2v) is 4.08. The summed E-state index contributed by atoms with van der Waals surface area (Å²) in [6, 6.07) is 7.16. The molecule has 0 saturated heterocycles. The molecule has 1 fully saturated rings. The van der Waals surface area contributed by atoms with Gasteiger partial charge >= 0.3 is 5.97 Å². The van der Waals surface area contributed by atoms with Gasteiger partial charge in [-0.05, 0) is 37.5 Å². The number of benzene rings is 1. The summed E-state index contributed by atoms with van der Waals surface area (Å²) < 4.78 is 4.92. The average molecular weight is 218 g/mol. The highest BCUT2D eigenvalue weighted by atomic mass is 16.5. The zero-order valence-corrected chi connectivity index (χ0v) is 9.23. The minimum atomic E-state index is -0.331. The molecule has 0 amide bonds. The predicted octanol–water partition coefficient (Wildman–Crippen LogP) is 2.09. The Hall–Kier alpha value is -1.64. The largest absolute Gasteiger partial charge is 0.462 e. The van der Waals surface area contributed by atoms with Crippen molar-refractivity contribution < 1.29 is 14.3 Å². The van der Waals surface area contributed by atoms with Crippen LogP contribution in [0.15, 0.2) is 24.3 Å². The molecule has 0 N–H and O–H groups in total. The molecule has 1 aliphatic rings. The number of carbonyl (C=O) groups excluding carboxylic acids is 2. The minimum Gasteiger partial charge on any atom is -0.462 e. The van der Waals surface area contributed by atoms with Gasteiger partial charge in [-0.1, -0.05) is 12.1 Å². The Morgan fingerprint density at radius 1 is 1.50 bits per heavy atom. The van der Waals surface area contributed by atoms with Crippen LogP contribution in [-0.2, 0) is 14.9 Å². The van der Waals surface area contributed by atoms with E-state index in [1.807, 2.05) is 6.07 Å². The summed E-state index contributed by atoms with van der Waals surface area (Å²) in [6.45, 7) is 2.14. The standard InChI is InChI=1S/C13H14O3/c1-2-16-12(15)10-4-3-5-11(8-10)13(9-14)6-7-13/h3-5,8-9H,2,6-7H2,1H3. The molecule has 0 radical (unpaired) electrons. The Bertz CT molecular complexity index is 419. The zero-order chi connectivity index (χ0) is 11.6. The molecular formula is C13H14O3. The number of rotatable bonds is 4. The molecule has 84 valence electrons. The van der Waals surface area contributed by atoms with Gasteiger partial charge in [0.15, 0.2) is 0 Å². The number of hydrogen-bond acceptors (Lipinski definition) is 3. The number of esters is 1. The van der Waals surface area contributed by atoms with Crippen molar-refractivity contribution in [2.45, 2.75) is 25.2 Å². The maximum absolute atomic E-state index is 11.5. The lowest BCUT2D eigenvalue weighted by Gasteiger charge is -2.09. The Kier molecular flexibility index (Phi) is 2.77. The quantitative estimate of drug-likeness (QED) is 0.574. The zero-order valence-electron chi connectivity index (χ0n) is 9.23. The van der Waals surface area contributed by atoms with Crippen LogP contribution >= 0.6 is 0 Å². The van der Waals surface area contributed by atoms with Gasteiger partial charge in [0.25, 0.3) is 0 Å². The number of carbonyl (C=O) groups is 2. The Balaban J connectivity index is 2.26. The third-order valence-electron chi connectivity index (χ3n) is 2.96. The van der Waals surface area contributed by atoms with Gasteiger partial charge < -0.3 is 9.53 Å². The van der Waals surface area contributed by atoms with Crippen molar-refractivity contribution in [1.82, 2.24) is 0 Å². The van der Waals surface area contributed by atoms with Gasteiger partial charge in [0, 0.05) is 0 Å². The molecule has 0 heterocycles.